The Hall–Kier alpha value is -1.54. The van der Waals surface area contributed by atoms with E-state index in [1.165, 1.54) is 9.80 Å². The highest BCUT2D eigenvalue weighted by Gasteiger charge is 2.62. The standard InChI is InChI=1S/C26H44N2O6/c1-23(31)25(15-9-7-10-16-25)33-21(29)27(23)19-13-5-3-4-6-14-20-28-22(30)34-26(24(28,2)32)17-11-8-12-18-26/h31-32H,3-20H2,1-2H3/t23-,24-/m0/s1. The smallest absolute Gasteiger partial charge is 0.412 e. The van der Waals surface area contributed by atoms with E-state index < -0.39 is 22.7 Å². The summed E-state index contributed by atoms with van der Waals surface area (Å²) in [4.78, 5) is 28.0. The maximum absolute atomic E-state index is 12.5. The van der Waals surface area contributed by atoms with Crippen LogP contribution in [-0.4, -0.2) is 67.9 Å². The van der Waals surface area contributed by atoms with Crippen LogP contribution in [0.15, 0.2) is 0 Å². The van der Waals surface area contributed by atoms with Crippen LogP contribution in [0.4, 0.5) is 9.59 Å². The predicted molar refractivity (Wildman–Crippen MR) is 127 cm³/mol. The molecule has 8 nitrogen and oxygen atoms in total. The number of hydrogen-bond donors (Lipinski definition) is 2. The van der Waals surface area contributed by atoms with Crippen LogP contribution in [0.5, 0.6) is 0 Å². The molecule has 2 aliphatic carbocycles. The Labute approximate surface area is 203 Å². The van der Waals surface area contributed by atoms with Crippen LogP contribution in [0.1, 0.15) is 117 Å². The molecule has 2 saturated carbocycles. The molecule has 0 bridgehead atoms. The van der Waals surface area contributed by atoms with E-state index in [2.05, 4.69) is 0 Å². The Balaban J connectivity index is 1.14. The quantitative estimate of drug-likeness (QED) is 0.448. The summed E-state index contributed by atoms with van der Waals surface area (Å²) < 4.78 is 11.4. The largest absolute Gasteiger partial charge is 0.438 e. The van der Waals surface area contributed by atoms with Gasteiger partial charge in [0.05, 0.1) is 0 Å². The molecule has 2 saturated heterocycles. The Bertz CT molecular complexity index is 678. The number of unbranched alkanes of at least 4 members (excludes halogenated alkanes) is 5. The van der Waals surface area contributed by atoms with Crippen LogP contribution < -0.4 is 0 Å². The fourth-order valence-corrected chi connectivity index (χ4v) is 6.75. The van der Waals surface area contributed by atoms with E-state index in [1.807, 2.05) is 0 Å². The summed E-state index contributed by atoms with van der Waals surface area (Å²) in [6.45, 7) is 4.49. The lowest BCUT2D eigenvalue weighted by molar-refractivity contribution is -0.159. The molecule has 4 rings (SSSR count). The highest BCUT2D eigenvalue weighted by atomic mass is 16.6. The van der Waals surface area contributed by atoms with Gasteiger partial charge in [0.25, 0.3) is 0 Å². The zero-order chi connectivity index (χ0) is 24.5. The fourth-order valence-electron chi connectivity index (χ4n) is 6.75. The van der Waals surface area contributed by atoms with E-state index >= 15 is 0 Å². The number of hydrogen-bond acceptors (Lipinski definition) is 6. The number of nitrogens with zero attached hydrogens (tertiary/aromatic N) is 2. The topological polar surface area (TPSA) is 99.5 Å². The molecule has 0 aromatic carbocycles. The van der Waals surface area contributed by atoms with Crippen molar-refractivity contribution >= 4 is 12.2 Å². The highest BCUT2D eigenvalue weighted by Crippen LogP contribution is 2.48. The molecule has 2 N–H and O–H groups in total. The zero-order valence-corrected chi connectivity index (χ0v) is 21.1. The molecule has 4 aliphatic rings. The molecule has 0 aromatic heterocycles. The summed E-state index contributed by atoms with van der Waals surface area (Å²) in [7, 11) is 0. The minimum absolute atomic E-state index is 0.382. The molecule has 0 aromatic rings. The van der Waals surface area contributed by atoms with Crippen molar-refractivity contribution in [1.82, 2.24) is 9.80 Å². The summed E-state index contributed by atoms with van der Waals surface area (Å²) >= 11 is 0. The molecular weight excluding hydrogens is 436 g/mol. The first-order chi connectivity index (χ1) is 16.2. The molecule has 2 aliphatic heterocycles. The summed E-state index contributed by atoms with van der Waals surface area (Å²) in [6.07, 6.45) is 14.1. The SMILES string of the molecule is C[C@@]1(O)N(CCCCCCCCN2C(=O)OC3(CCCCC3)[C@]2(C)O)C(=O)OC12CCCCC2. The molecule has 34 heavy (non-hydrogen) atoms. The Kier molecular flexibility index (Phi) is 7.40. The summed E-state index contributed by atoms with van der Waals surface area (Å²) in [5, 5.41) is 22.3. The first kappa shape index (κ1) is 25.5. The van der Waals surface area contributed by atoms with E-state index in [1.54, 1.807) is 13.8 Å². The van der Waals surface area contributed by atoms with Gasteiger partial charge in [-0.15, -0.1) is 0 Å². The fraction of sp³-hybridized carbons (Fsp3) is 0.923. The van der Waals surface area contributed by atoms with Crippen molar-refractivity contribution in [2.45, 2.75) is 139 Å². The van der Waals surface area contributed by atoms with Gasteiger partial charge in [-0.25, -0.2) is 9.59 Å². The highest BCUT2D eigenvalue weighted by molar-refractivity contribution is 5.72. The predicted octanol–water partition coefficient (Wildman–Crippen LogP) is 5.05. The maximum Gasteiger partial charge on any atom is 0.412 e. The molecule has 2 spiro atoms. The number of aliphatic hydroxyl groups is 2. The summed E-state index contributed by atoms with van der Waals surface area (Å²) in [5.74, 6) is 0. The van der Waals surface area contributed by atoms with Crippen molar-refractivity contribution in [2.24, 2.45) is 0 Å². The lowest BCUT2D eigenvalue weighted by Crippen LogP contribution is -2.57. The van der Waals surface area contributed by atoms with Gasteiger partial charge in [-0.2, -0.15) is 0 Å². The number of carbonyl (C=O) groups excluding carboxylic acids is 2. The molecule has 2 heterocycles. The van der Waals surface area contributed by atoms with E-state index in [9.17, 15) is 19.8 Å². The Morgan fingerprint density at radius 3 is 1.29 bits per heavy atom. The van der Waals surface area contributed by atoms with Crippen LogP contribution in [-0.2, 0) is 9.47 Å². The van der Waals surface area contributed by atoms with Crippen molar-refractivity contribution in [1.29, 1.82) is 0 Å². The third-order valence-electron chi connectivity index (χ3n) is 9.12. The second kappa shape index (κ2) is 9.84. The second-order valence-corrected chi connectivity index (χ2v) is 11.3. The number of ether oxygens (including phenoxy) is 2. The van der Waals surface area contributed by atoms with E-state index in [-0.39, 0.29) is 12.2 Å². The van der Waals surface area contributed by atoms with Crippen LogP contribution in [0.2, 0.25) is 0 Å². The van der Waals surface area contributed by atoms with Gasteiger partial charge in [0.2, 0.25) is 0 Å². The van der Waals surface area contributed by atoms with Crippen LogP contribution in [0, 0.1) is 0 Å². The Morgan fingerprint density at radius 1 is 0.618 bits per heavy atom. The van der Waals surface area contributed by atoms with Crippen molar-refractivity contribution in [3.63, 3.8) is 0 Å². The van der Waals surface area contributed by atoms with Crippen molar-refractivity contribution in [3.05, 3.63) is 0 Å². The lowest BCUT2D eigenvalue weighted by atomic mass is 9.77. The first-order valence-electron chi connectivity index (χ1n) is 13.6. The third kappa shape index (κ3) is 4.41. The third-order valence-corrected chi connectivity index (χ3v) is 9.12. The first-order valence-corrected chi connectivity index (χ1v) is 13.6. The minimum atomic E-state index is -1.23. The molecule has 2 amide bonds. The van der Waals surface area contributed by atoms with Gasteiger partial charge >= 0.3 is 12.2 Å². The van der Waals surface area contributed by atoms with Gasteiger partial charge in [0.15, 0.2) is 22.7 Å². The summed E-state index contributed by atoms with van der Waals surface area (Å²) in [6, 6.07) is 0. The van der Waals surface area contributed by atoms with Crippen molar-refractivity contribution in [3.8, 4) is 0 Å². The van der Waals surface area contributed by atoms with E-state index in [0.717, 1.165) is 103 Å². The molecule has 4 fully saturated rings. The monoisotopic (exact) mass is 480 g/mol. The van der Waals surface area contributed by atoms with Gasteiger partial charge in [0, 0.05) is 13.1 Å². The number of rotatable bonds is 9. The normalized spacial score (nSPS) is 32.5. The van der Waals surface area contributed by atoms with Gasteiger partial charge < -0.3 is 19.7 Å². The zero-order valence-electron chi connectivity index (χ0n) is 21.1. The molecule has 0 radical (unpaired) electrons. The molecule has 2 atom stereocenters. The Morgan fingerprint density at radius 2 is 0.941 bits per heavy atom. The molecule has 8 heteroatoms. The van der Waals surface area contributed by atoms with Gasteiger partial charge in [-0.3, -0.25) is 9.80 Å². The lowest BCUT2D eigenvalue weighted by Gasteiger charge is -2.42. The minimum Gasteiger partial charge on any atom is -0.438 e. The maximum atomic E-state index is 12.5. The average molecular weight is 481 g/mol. The molecule has 0 unspecified atom stereocenters. The van der Waals surface area contributed by atoms with Crippen LogP contribution >= 0.6 is 0 Å². The van der Waals surface area contributed by atoms with Gasteiger partial charge in [-0.1, -0.05) is 38.5 Å². The molecular formula is C26H44N2O6. The second-order valence-electron chi connectivity index (χ2n) is 11.3. The van der Waals surface area contributed by atoms with Crippen molar-refractivity contribution in [2.75, 3.05) is 13.1 Å². The molecule has 194 valence electrons. The summed E-state index contributed by atoms with van der Waals surface area (Å²) in [5.41, 5.74) is -3.95. The van der Waals surface area contributed by atoms with Crippen LogP contribution in [0.25, 0.3) is 0 Å². The van der Waals surface area contributed by atoms with Crippen molar-refractivity contribution < 1.29 is 29.3 Å². The van der Waals surface area contributed by atoms with Gasteiger partial charge in [0.1, 0.15) is 0 Å². The number of amides is 2. The van der Waals surface area contributed by atoms with Gasteiger partial charge in [-0.05, 0) is 78.1 Å². The number of carbonyl (C=O) groups is 2. The van der Waals surface area contributed by atoms with E-state index in [0.29, 0.717) is 13.1 Å². The van der Waals surface area contributed by atoms with Crippen LogP contribution in [0.3, 0.4) is 0 Å². The van der Waals surface area contributed by atoms with E-state index in [4.69, 9.17) is 9.47 Å². The average Bonchev–Trinajstić information content (AvgIpc) is 3.08.